The topological polar surface area (TPSA) is 9.23 Å². The molecule has 0 aliphatic heterocycles. The van der Waals surface area contributed by atoms with E-state index in [-0.39, 0.29) is 0 Å². The molecule has 0 spiro atoms. The molecule has 0 bridgehead atoms. The van der Waals surface area contributed by atoms with Gasteiger partial charge in [0, 0.05) is 6.42 Å². The Hall–Kier alpha value is -0.320. The summed E-state index contributed by atoms with van der Waals surface area (Å²) in [6, 6.07) is 0. The first-order valence-electron chi connectivity index (χ1n) is 3.97. The highest BCUT2D eigenvalue weighted by Crippen LogP contribution is 2.40. The lowest BCUT2D eigenvalue weighted by molar-refractivity contribution is -0.374. The fourth-order valence-electron chi connectivity index (χ4n) is 0.665. The number of hydrogen-bond donors (Lipinski definition) is 0. The van der Waals surface area contributed by atoms with Crippen LogP contribution in [0.3, 0.4) is 0 Å². The van der Waals surface area contributed by atoms with Crippen LogP contribution >= 0.6 is 0 Å². The summed E-state index contributed by atoms with van der Waals surface area (Å²) in [4.78, 5) is 0. The third kappa shape index (κ3) is 3.50. The third-order valence-corrected chi connectivity index (χ3v) is 1.30. The van der Waals surface area contributed by atoms with Crippen molar-refractivity contribution < 1.29 is 22.3 Å². The van der Waals surface area contributed by atoms with Crippen LogP contribution in [-0.4, -0.2) is 17.6 Å². The maximum Gasteiger partial charge on any atom is 0.419 e. The van der Waals surface area contributed by atoms with Crippen molar-refractivity contribution in [2.24, 2.45) is 0 Å². The van der Waals surface area contributed by atoms with Crippen LogP contribution in [0.15, 0.2) is 0 Å². The SMILES string of the molecule is CCC(F)(F)C(F)(F)OC(C)(C)C. The first kappa shape index (κ1) is 12.7. The smallest absolute Gasteiger partial charge is 0.310 e. The Kier molecular flexibility index (Phi) is 3.36. The van der Waals surface area contributed by atoms with Gasteiger partial charge in [-0.3, -0.25) is 0 Å². The summed E-state index contributed by atoms with van der Waals surface area (Å²) < 4.78 is 54.6. The van der Waals surface area contributed by atoms with E-state index in [1.807, 2.05) is 0 Å². The molecule has 13 heavy (non-hydrogen) atoms. The van der Waals surface area contributed by atoms with Crippen molar-refractivity contribution in [3.63, 3.8) is 0 Å². The van der Waals surface area contributed by atoms with E-state index in [9.17, 15) is 17.6 Å². The minimum atomic E-state index is -4.40. The number of alkyl halides is 4. The Morgan fingerprint density at radius 3 is 1.62 bits per heavy atom. The Labute approximate surface area is 75.1 Å². The number of hydrogen-bond acceptors (Lipinski definition) is 1. The number of rotatable bonds is 3. The van der Waals surface area contributed by atoms with Crippen molar-refractivity contribution in [1.29, 1.82) is 0 Å². The van der Waals surface area contributed by atoms with Crippen molar-refractivity contribution in [3.05, 3.63) is 0 Å². The van der Waals surface area contributed by atoms with Crippen LogP contribution in [0, 0.1) is 0 Å². The normalized spacial score (nSPS) is 14.8. The lowest BCUT2D eigenvalue weighted by Crippen LogP contribution is -2.46. The highest BCUT2D eigenvalue weighted by Gasteiger charge is 2.58. The van der Waals surface area contributed by atoms with E-state index in [0.717, 1.165) is 6.92 Å². The minimum absolute atomic E-state index is 0.948. The van der Waals surface area contributed by atoms with Gasteiger partial charge in [0.2, 0.25) is 0 Å². The molecule has 0 aliphatic rings. The number of halogens is 4. The molecule has 80 valence electrons. The first-order valence-corrected chi connectivity index (χ1v) is 3.97. The van der Waals surface area contributed by atoms with Gasteiger partial charge in [-0.25, -0.2) is 0 Å². The van der Waals surface area contributed by atoms with Crippen LogP contribution in [0.2, 0.25) is 0 Å². The lowest BCUT2D eigenvalue weighted by atomic mass is 10.1. The van der Waals surface area contributed by atoms with Gasteiger partial charge >= 0.3 is 12.0 Å². The van der Waals surface area contributed by atoms with Gasteiger partial charge in [-0.15, -0.1) is 0 Å². The standard InChI is InChI=1S/C8H14F4O/c1-5-7(9,10)8(11,12)13-6(2,3)4/h5H2,1-4H3. The van der Waals surface area contributed by atoms with Gasteiger partial charge in [0.25, 0.3) is 0 Å². The van der Waals surface area contributed by atoms with Gasteiger partial charge in [0.05, 0.1) is 5.60 Å². The molecule has 0 N–H and O–H groups in total. The average Bonchev–Trinajstić information content (AvgIpc) is 1.81. The minimum Gasteiger partial charge on any atom is -0.310 e. The average molecular weight is 202 g/mol. The molecule has 0 aromatic rings. The second-order valence-electron chi connectivity index (χ2n) is 3.79. The first-order chi connectivity index (χ1) is 5.52. The van der Waals surface area contributed by atoms with Gasteiger partial charge in [0.15, 0.2) is 0 Å². The Balaban J connectivity index is 4.58. The zero-order valence-corrected chi connectivity index (χ0v) is 8.13. The summed E-state index contributed by atoms with van der Waals surface area (Å²) in [7, 11) is 0. The second kappa shape index (κ2) is 3.44. The molecule has 0 saturated heterocycles. The van der Waals surface area contributed by atoms with E-state index in [1.165, 1.54) is 20.8 Å². The molecule has 0 rings (SSSR count). The molecular formula is C8H14F4O. The summed E-state index contributed by atoms with van der Waals surface area (Å²) in [5.74, 6) is -4.11. The van der Waals surface area contributed by atoms with E-state index >= 15 is 0 Å². The third-order valence-electron chi connectivity index (χ3n) is 1.30. The summed E-state index contributed by atoms with van der Waals surface area (Å²) in [5, 5.41) is 0. The molecule has 0 radical (unpaired) electrons. The zero-order chi connectivity index (χ0) is 10.9. The van der Waals surface area contributed by atoms with Crippen LogP contribution in [0.1, 0.15) is 34.1 Å². The summed E-state index contributed by atoms with van der Waals surface area (Å²) in [6.07, 6.45) is -5.35. The van der Waals surface area contributed by atoms with Gasteiger partial charge in [-0.1, -0.05) is 6.92 Å². The van der Waals surface area contributed by atoms with Crippen LogP contribution in [0.5, 0.6) is 0 Å². The highest BCUT2D eigenvalue weighted by atomic mass is 19.3. The fourth-order valence-corrected chi connectivity index (χ4v) is 0.665. The molecule has 5 heteroatoms. The van der Waals surface area contributed by atoms with Crippen LogP contribution in [-0.2, 0) is 4.74 Å². The summed E-state index contributed by atoms with van der Waals surface area (Å²) in [5.41, 5.74) is -1.29. The summed E-state index contributed by atoms with van der Waals surface area (Å²) in [6.45, 7) is 4.88. The molecule has 1 nitrogen and oxygen atoms in total. The Bertz CT molecular complexity index is 171. The van der Waals surface area contributed by atoms with Crippen molar-refractivity contribution >= 4 is 0 Å². The summed E-state index contributed by atoms with van der Waals surface area (Å²) >= 11 is 0. The molecule has 0 fully saturated rings. The van der Waals surface area contributed by atoms with Gasteiger partial charge < -0.3 is 4.74 Å². The van der Waals surface area contributed by atoms with Crippen LogP contribution < -0.4 is 0 Å². The molecule has 0 unspecified atom stereocenters. The van der Waals surface area contributed by atoms with E-state index in [1.54, 1.807) is 0 Å². The predicted octanol–water partition coefficient (Wildman–Crippen LogP) is 3.44. The lowest BCUT2D eigenvalue weighted by Gasteiger charge is -2.31. The largest absolute Gasteiger partial charge is 0.419 e. The van der Waals surface area contributed by atoms with Gasteiger partial charge in [-0.05, 0) is 20.8 Å². The monoisotopic (exact) mass is 202 g/mol. The van der Waals surface area contributed by atoms with E-state index in [4.69, 9.17) is 0 Å². The van der Waals surface area contributed by atoms with Gasteiger partial charge in [0.1, 0.15) is 0 Å². The fraction of sp³-hybridized carbons (Fsp3) is 1.00. The second-order valence-corrected chi connectivity index (χ2v) is 3.79. The van der Waals surface area contributed by atoms with Crippen molar-refractivity contribution in [1.82, 2.24) is 0 Å². The molecular weight excluding hydrogens is 188 g/mol. The van der Waals surface area contributed by atoms with Crippen molar-refractivity contribution in [2.75, 3.05) is 0 Å². The van der Waals surface area contributed by atoms with E-state index in [2.05, 4.69) is 4.74 Å². The molecule has 0 aromatic carbocycles. The quantitative estimate of drug-likeness (QED) is 0.637. The van der Waals surface area contributed by atoms with Crippen molar-refractivity contribution in [2.45, 2.75) is 51.7 Å². The molecule has 0 aliphatic carbocycles. The maximum atomic E-state index is 12.7. The molecule has 0 heterocycles. The number of ether oxygens (including phenoxy) is 1. The highest BCUT2D eigenvalue weighted by molar-refractivity contribution is 4.78. The van der Waals surface area contributed by atoms with E-state index < -0.39 is 24.1 Å². The molecule has 0 atom stereocenters. The molecule has 0 aromatic heterocycles. The molecule has 0 saturated carbocycles. The van der Waals surface area contributed by atoms with Crippen LogP contribution in [0.25, 0.3) is 0 Å². The Morgan fingerprint density at radius 2 is 1.38 bits per heavy atom. The Morgan fingerprint density at radius 1 is 1.00 bits per heavy atom. The van der Waals surface area contributed by atoms with Crippen molar-refractivity contribution in [3.8, 4) is 0 Å². The molecule has 0 amide bonds. The van der Waals surface area contributed by atoms with Crippen LogP contribution in [0.4, 0.5) is 17.6 Å². The van der Waals surface area contributed by atoms with E-state index in [0.29, 0.717) is 0 Å². The van der Waals surface area contributed by atoms with Gasteiger partial charge in [-0.2, -0.15) is 17.6 Å². The maximum absolute atomic E-state index is 12.7. The predicted molar refractivity (Wildman–Crippen MR) is 41.0 cm³/mol. The zero-order valence-electron chi connectivity index (χ0n) is 8.13.